The van der Waals surface area contributed by atoms with Crippen molar-refractivity contribution in [1.29, 1.82) is 0 Å². The van der Waals surface area contributed by atoms with E-state index in [4.69, 9.17) is 28.2 Å². The van der Waals surface area contributed by atoms with E-state index >= 15 is 0 Å². The Labute approximate surface area is 181 Å². The summed E-state index contributed by atoms with van der Waals surface area (Å²) in [5.74, 6) is 0. The van der Waals surface area contributed by atoms with Gasteiger partial charge in [-0.25, -0.2) is 0 Å². The number of halogens is 3. The fraction of sp³-hybridized carbons (Fsp3) is 0.0870. The molecule has 3 aromatic rings. The first kappa shape index (κ1) is 20.5. The monoisotopic (exact) mass is 428 g/mol. The van der Waals surface area contributed by atoms with E-state index in [0.29, 0.717) is 10.0 Å². The first-order valence-electron chi connectivity index (χ1n) is 8.82. The summed E-state index contributed by atoms with van der Waals surface area (Å²) < 4.78 is 0. The molecule has 28 heavy (non-hydrogen) atoms. The Kier molecular flexibility index (Phi) is 6.79. The van der Waals surface area contributed by atoms with Gasteiger partial charge < -0.3 is 5.32 Å². The standard InChI is InChI=1S/C23H18Cl2N2.ClH/c24-20-11-9-16(15-21(20)25)10-12-22-19-8-4-7-18(17-5-2-1-3-6-17)23(19)27-14-13-26-22;/h1-12,15,27H,13-14H2;1H/b12-10+;. The van der Waals surface area contributed by atoms with E-state index in [2.05, 4.69) is 47.8 Å². The van der Waals surface area contributed by atoms with Crippen LogP contribution in [-0.2, 0) is 0 Å². The van der Waals surface area contributed by atoms with E-state index in [1.807, 2.05) is 36.4 Å². The van der Waals surface area contributed by atoms with Gasteiger partial charge in [0.1, 0.15) is 0 Å². The van der Waals surface area contributed by atoms with Gasteiger partial charge in [-0.2, -0.15) is 0 Å². The van der Waals surface area contributed by atoms with Gasteiger partial charge in [0.2, 0.25) is 0 Å². The fourth-order valence-electron chi connectivity index (χ4n) is 3.19. The molecule has 2 nitrogen and oxygen atoms in total. The molecule has 5 heteroatoms. The molecule has 0 amide bonds. The van der Waals surface area contributed by atoms with Crippen LogP contribution in [0.5, 0.6) is 0 Å². The smallest absolute Gasteiger partial charge is 0.0668 e. The van der Waals surface area contributed by atoms with Crippen LogP contribution < -0.4 is 5.32 Å². The summed E-state index contributed by atoms with van der Waals surface area (Å²) in [4.78, 5) is 4.76. The third kappa shape index (κ3) is 4.41. The number of anilines is 1. The van der Waals surface area contributed by atoms with Gasteiger partial charge in [-0.15, -0.1) is 12.4 Å². The molecule has 142 valence electrons. The van der Waals surface area contributed by atoms with Gasteiger partial charge in [0.15, 0.2) is 0 Å². The van der Waals surface area contributed by atoms with E-state index in [0.717, 1.165) is 35.6 Å². The lowest BCUT2D eigenvalue weighted by molar-refractivity contribution is 1.04. The number of fused-ring (bicyclic) bond motifs is 1. The molecule has 4 rings (SSSR count). The van der Waals surface area contributed by atoms with Crippen molar-refractivity contribution in [3.05, 3.63) is 94.0 Å². The highest BCUT2D eigenvalue weighted by Gasteiger charge is 2.15. The summed E-state index contributed by atoms with van der Waals surface area (Å²) in [5.41, 5.74) is 6.55. The average molecular weight is 430 g/mol. The normalized spacial score (nSPS) is 13.1. The van der Waals surface area contributed by atoms with E-state index < -0.39 is 0 Å². The highest BCUT2D eigenvalue weighted by Crippen LogP contribution is 2.32. The number of aliphatic imine (C=N–C) groups is 1. The van der Waals surface area contributed by atoms with Crippen LogP contribution in [-0.4, -0.2) is 18.8 Å². The van der Waals surface area contributed by atoms with Crippen molar-refractivity contribution < 1.29 is 0 Å². The molecule has 0 radical (unpaired) electrons. The molecule has 0 saturated carbocycles. The molecule has 3 aromatic carbocycles. The molecule has 1 aliphatic rings. The number of benzene rings is 3. The Balaban J connectivity index is 0.00000225. The van der Waals surface area contributed by atoms with Crippen LogP contribution in [0.1, 0.15) is 11.1 Å². The van der Waals surface area contributed by atoms with Crippen LogP contribution in [0.15, 0.2) is 77.8 Å². The minimum Gasteiger partial charge on any atom is -0.382 e. The second-order valence-electron chi connectivity index (χ2n) is 6.29. The molecule has 0 saturated heterocycles. The molecule has 0 unspecified atom stereocenters. The minimum atomic E-state index is 0. The number of para-hydroxylation sites is 1. The number of hydrogen-bond acceptors (Lipinski definition) is 2. The molecule has 1 aliphatic heterocycles. The van der Waals surface area contributed by atoms with Gasteiger partial charge in [-0.05, 0) is 29.3 Å². The molecule has 1 N–H and O–H groups in total. The van der Waals surface area contributed by atoms with Gasteiger partial charge in [0.05, 0.1) is 28.0 Å². The zero-order valence-electron chi connectivity index (χ0n) is 15.0. The highest BCUT2D eigenvalue weighted by atomic mass is 35.5. The van der Waals surface area contributed by atoms with E-state index in [9.17, 15) is 0 Å². The van der Waals surface area contributed by atoms with Crippen molar-refractivity contribution in [2.45, 2.75) is 0 Å². The lowest BCUT2D eigenvalue weighted by atomic mass is 9.97. The van der Waals surface area contributed by atoms with Gasteiger partial charge in [0.25, 0.3) is 0 Å². The summed E-state index contributed by atoms with van der Waals surface area (Å²) in [6.45, 7) is 1.53. The lowest BCUT2D eigenvalue weighted by Crippen LogP contribution is -2.05. The Bertz CT molecular complexity index is 1030. The predicted octanol–water partition coefficient (Wildman–Crippen LogP) is 7.01. The second kappa shape index (κ2) is 9.29. The summed E-state index contributed by atoms with van der Waals surface area (Å²) in [6, 6.07) is 22.4. The summed E-state index contributed by atoms with van der Waals surface area (Å²) >= 11 is 12.1. The molecule has 1 heterocycles. The van der Waals surface area contributed by atoms with Crippen molar-refractivity contribution in [2.75, 3.05) is 18.4 Å². The number of hydrogen-bond donors (Lipinski definition) is 1. The van der Waals surface area contributed by atoms with Crippen molar-refractivity contribution >= 4 is 53.1 Å². The molecule has 0 aromatic heterocycles. The topological polar surface area (TPSA) is 24.4 Å². The van der Waals surface area contributed by atoms with Gasteiger partial charge >= 0.3 is 0 Å². The number of nitrogens with zero attached hydrogens (tertiary/aromatic N) is 1. The first-order chi connectivity index (χ1) is 13.2. The van der Waals surface area contributed by atoms with Crippen LogP contribution in [0.2, 0.25) is 10.0 Å². The van der Waals surface area contributed by atoms with Crippen LogP contribution in [0.25, 0.3) is 17.2 Å². The van der Waals surface area contributed by atoms with Gasteiger partial charge in [-0.3, -0.25) is 4.99 Å². The van der Waals surface area contributed by atoms with Crippen LogP contribution in [0.4, 0.5) is 5.69 Å². The van der Waals surface area contributed by atoms with Crippen molar-refractivity contribution in [3.8, 4) is 11.1 Å². The van der Waals surface area contributed by atoms with Crippen LogP contribution in [0, 0.1) is 0 Å². The molecule has 0 fully saturated rings. The van der Waals surface area contributed by atoms with Gasteiger partial charge in [-0.1, -0.05) is 83.9 Å². The molecule has 0 aliphatic carbocycles. The number of rotatable bonds is 3. The van der Waals surface area contributed by atoms with Crippen molar-refractivity contribution in [3.63, 3.8) is 0 Å². The molecule has 0 bridgehead atoms. The fourth-order valence-corrected chi connectivity index (χ4v) is 3.50. The number of nitrogens with one attached hydrogen (secondary N) is 1. The van der Waals surface area contributed by atoms with Crippen LogP contribution in [0.3, 0.4) is 0 Å². The maximum atomic E-state index is 6.13. The summed E-state index contributed by atoms with van der Waals surface area (Å²) in [7, 11) is 0. The van der Waals surface area contributed by atoms with E-state index in [1.165, 1.54) is 11.1 Å². The maximum Gasteiger partial charge on any atom is 0.0668 e. The zero-order valence-corrected chi connectivity index (χ0v) is 17.4. The Morgan fingerprint density at radius 2 is 1.61 bits per heavy atom. The van der Waals surface area contributed by atoms with Gasteiger partial charge in [0, 0.05) is 17.7 Å². The van der Waals surface area contributed by atoms with E-state index in [-0.39, 0.29) is 12.4 Å². The lowest BCUT2D eigenvalue weighted by Gasteiger charge is -2.14. The zero-order chi connectivity index (χ0) is 18.6. The third-order valence-electron chi connectivity index (χ3n) is 4.50. The largest absolute Gasteiger partial charge is 0.382 e. The molecule has 0 atom stereocenters. The minimum absolute atomic E-state index is 0. The second-order valence-corrected chi connectivity index (χ2v) is 7.11. The Morgan fingerprint density at radius 3 is 2.39 bits per heavy atom. The molecular formula is C23H19Cl3N2. The van der Waals surface area contributed by atoms with Crippen LogP contribution >= 0.6 is 35.6 Å². The first-order valence-corrected chi connectivity index (χ1v) is 9.58. The van der Waals surface area contributed by atoms with Crippen molar-refractivity contribution in [1.82, 2.24) is 0 Å². The SMILES string of the molecule is Cl.Clc1ccc(/C=C/C2=NCCNc3c2cccc3-c2ccccc2)cc1Cl. The molecular weight excluding hydrogens is 411 g/mol. The Hall–Kier alpha value is -2.26. The average Bonchev–Trinajstić information content (AvgIpc) is 2.92. The quantitative estimate of drug-likeness (QED) is 0.476. The third-order valence-corrected chi connectivity index (χ3v) is 5.24. The molecule has 0 spiro atoms. The summed E-state index contributed by atoms with van der Waals surface area (Å²) in [6.07, 6.45) is 4.06. The Morgan fingerprint density at radius 1 is 0.821 bits per heavy atom. The van der Waals surface area contributed by atoms with E-state index in [1.54, 1.807) is 0 Å². The van der Waals surface area contributed by atoms with Crippen molar-refractivity contribution in [2.24, 2.45) is 4.99 Å². The summed E-state index contributed by atoms with van der Waals surface area (Å²) in [5, 5.41) is 4.66. The highest BCUT2D eigenvalue weighted by molar-refractivity contribution is 6.42. The number of benzodiazepines with no additional fused rings is 1. The maximum absolute atomic E-state index is 6.13. The predicted molar refractivity (Wildman–Crippen MR) is 125 cm³/mol. The number of allylic oxidation sites excluding steroid dienone is 1.